The molecule has 1 saturated heterocycles. The van der Waals surface area contributed by atoms with Crippen molar-refractivity contribution in [3.05, 3.63) is 47.0 Å². The summed E-state index contributed by atoms with van der Waals surface area (Å²) < 4.78 is 12.3. The molecular formula is C25H31Cl2N5O4. The highest BCUT2D eigenvalue weighted by atomic mass is 35.5. The van der Waals surface area contributed by atoms with Gasteiger partial charge in [0.25, 0.3) is 0 Å². The minimum absolute atomic E-state index is 0.173. The van der Waals surface area contributed by atoms with Crippen molar-refractivity contribution in [3.63, 3.8) is 0 Å². The van der Waals surface area contributed by atoms with Crippen LogP contribution in [0.5, 0.6) is 0 Å². The zero-order valence-electron chi connectivity index (χ0n) is 21.3. The first-order chi connectivity index (χ1) is 17.1. The van der Waals surface area contributed by atoms with Gasteiger partial charge in [-0.25, -0.2) is 19.6 Å². The van der Waals surface area contributed by atoms with Crippen LogP contribution in [0.4, 0.5) is 10.6 Å². The number of fused-ring (bicyclic) bond motifs is 1. The van der Waals surface area contributed by atoms with E-state index in [0.717, 1.165) is 11.1 Å². The SMILES string of the molecule is CC.COC(=O)C1CN(c2cc(-n3ccnc3)c3ccc(Cl)c(Cl)c3n2)CCN1C(=O)OC(C)(C)C. The molecule has 1 atom stereocenters. The molecule has 1 fully saturated rings. The summed E-state index contributed by atoms with van der Waals surface area (Å²) in [4.78, 5) is 37.6. The van der Waals surface area contributed by atoms with Gasteiger partial charge in [-0.3, -0.25) is 4.90 Å². The Balaban J connectivity index is 0.00000176. The number of methoxy groups -OCH3 is 1. The van der Waals surface area contributed by atoms with Crippen LogP contribution in [0.25, 0.3) is 16.6 Å². The van der Waals surface area contributed by atoms with Gasteiger partial charge in [0, 0.05) is 36.9 Å². The lowest BCUT2D eigenvalue weighted by Crippen LogP contribution is -2.59. The first-order valence-electron chi connectivity index (χ1n) is 11.7. The van der Waals surface area contributed by atoms with Gasteiger partial charge in [-0.1, -0.05) is 37.0 Å². The molecule has 1 aromatic carbocycles. The van der Waals surface area contributed by atoms with E-state index in [1.165, 1.54) is 12.0 Å². The van der Waals surface area contributed by atoms with Gasteiger partial charge in [-0.05, 0) is 32.9 Å². The zero-order valence-corrected chi connectivity index (χ0v) is 22.8. The maximum atomic E-state index is 12.8. The Bertz CT molecular complexity index is 1230. The number of carbonyl (C=O) groups excluding carboxylic acids is 2. The van der Waals surface area contributed by atoms with E-state index in [1.54, 1.807) is 39.4 Å². The third kappa shape index (κ3) is 5.84. The second-order valence-corrected chi connectivity index (χ2v) is 9.67. The molecule has 1 aliphatic rings. The molecule has 1 amide bonds. The number of hydrogen-bond donors (Lipinski definition) is 0. The van der Waals surface area contributed by atoms with Crippen LogP contribution in [0.2, 0.25) is 10.0 Å². The van der Waals surface area contributed by atoms with Gasteiger partial charge < -0.3 is 18.9 Å². The number of halogens is 2. The van der Waals surface area contributed by atoms with E-state index in [2.05, 4.69) is 4.98 Å². The van der Waals surface area contributed by atoms with Crippen molar-refractivity contribution >= 4 is 52.0 Å². The minimum Gasteiger partial charge on any atom is -0.467 e. The minimum atomic E-state index is -0.863. The second-order valence-electron chi connectivity index (χ2n) is 8.89. The Labute approximate surface area is 220 Å². The number of aromatic nitrogens is 3. The van der Waals surface area contributed by atoms with Crippen molar-refractivity contribution in [2.75, 3.05) is 31.6 Å². The highest BCUT2D eigenvalue weighted by Crippen LogP contribution is 2.35. The second kappa shape index (κ2) is 11.3. The third-order valence-corrected chi connectivity index (χ3v) is 6.22. The molecule has 1 aliphatic heterocycles. The summed E-state index contributed by atoms with van der Waals surface area (Å²) in [6.07, 6.45) is 4.61. The normalized spacial score (nSPS) is 15.8. The van der Waals surface area contributed by atoms with Crippen LogP contribution in [-0.2, 0) is 14.3 Å². The maximum absolute atomic E-state index is 12.8. The molecule has 0 radical (unpaired) electrons. The average Bonchev–Trinajstić information content (AvgIpc) is 3.40. The van der Waals surface area contributed by atoms with Gasteiger partial charge in [0.05, 0.1) is 41.2 Å². The smallest absolute Gasteiger partial charge is 0.411 e. The van der Waals surface area contributed by atoms with Crippen LogP contribution >= 0.6 is 23.2 Å². The Kier molecular flexibility index (Phi) is 8.68. The molecule has 4 rings (SSSR count). The molecular weight excluding hydrogens is 505 g/mol. The fourth-order valence-electron chi connectivity index (χ4n) is 3.85. The van der Waals surface area contributed by atoms with Gasteiger partial charge in [-0.2, -0.15) is 0 Å². The quantitative estimate of drug-likeness (QED) is 0.417. The molecule has 3 aromatic rings. The van der Waals surface area contributed by atoms with Crippen LogP contribution < -0.4 is 4.90 Å². The number of imidazole rings is 1. The Morgan fingerprint density at radius 3 is 2.47 bits per heavy atom. The third-order valence-electron chi connectivity index (χ3n) is 5.43. The van der Waals surface area contributed by atoms with Crippen LogP contribution in [0.1, 0.15) is 34.6 Å². The van der Waals surface area contributed by atoms with Crippen molar-refractivity contribution < 1.29 is 19.1 Å². The molecule has 2 aromatic heterocycles. The van der Waals surface area contributed by atoms with E-state index in [0.29, 0.717) is 27.9 Å². The summed E-state index contributed by atoms with van der Waals surface area (Å²) in [6.45, 7) is 10.2. The molecule has 0 aliphatic carbocycles. The van der Waals surface area contributed by atoms with Crippen molar-refractivity contribution in [2.24, 2.45) is 0 Å². The Morgan fingerprint density at radius 2 is 1.86 bits per heavy atom. The number of hydrogen-bond acceptors (Lipinski definition) is 7. The van der Waals surface area contributed by atoms with E-state index in [-0.39, 0.29) is 13.1 Å². The lowest BCUT2D eigenvalue weighted by Gasteiger charge is -2.40. The predicted molar refractivity (Wildman–Crippen MR) is 141 cm³/mol. The number of esters is 1. The number of piperazine rings is 1. The van der Waals surface area contributed by atoms with Gasteiger partial charge in [-0.15, -0.1) is 0 Å². The predicted octanol–water partition coefficient (Wildman–Crippen LogP) is 5.35. The number of rotatable bonds is 3. The summed E-state index contributed by atoms with van der Waals surface area (Å²) in [5, 5.41) is 1.52. The number of pyridine rings is 1. The van der Waals surface area contributed by atoms with E-state index in [9.17, 15) is 9.59 Å². The van der Waals surface area contributed by atoms with Gasteiger partial charge in [0.1, 0.15) is 11.4 Å². The molecule has 1 unspecified atom stereocenters. The van der Waals surface area contributed by atoms with Crippen molar-refractivity contribution in [2.45, 2.75) is 46.3 Å². The number of nitrogens with zero attached hydrogens (tertiary/aromatic N) is 5. The van der Waals surface area contributed by atoms with Gasteiger partial charge in [0.2, 0.25) is 0 Å². The van der Waals surface area contributed by atoms with Crippen molar-refractivity contribution in [1.29, 1.82) is 0 Å². The average molecular weight is 536 g/mol. The Hall–Kier alpha value is -3.04. The fraction of sp³-hybridized carbons (Fsp3) is 0.440. The monoisotopic (exact) mass is 535 g/mol. The molecule has 9 nitrogen and oxygen atoms in total. The first-order valence-corrected chi connectivity index (χ1v) is 12.4. The highest BCUT2D eigenvalue weighted by Gasteiger charge is 2.39. The van der Waals surface area contributed by atoms with E-state index in [4.69, 9.17) is 37.7 Å². The number of benzene rings is 1. The maximum Gasteiger partial charge on any atom is 0.411 e. The number of amides is 1. The number of carbonyl (C=O) groups is 2. The summed E-state index contributed by atoms with van der Waals surface area (Å²) in [5.41, 5.74) is 0.643. The molecule has 194 valence electrons. The molecule has 36 heavy (non-hydrogen) atoms. The molecule has 0 spiro atoms. The van der Waals surface area contributed by atoms with Crippen LogP contribution in [-0.4, -0.2) is 69.9 Å². The Morgan fingerprint density at radius 1 is 1.14 bits per heavy atom. The van der Waals surface area contributed by atoms with Crippen LogP contribution in [0, 0.1) is 0 Å². The summed E-state index contributed by atoms with van der Waals surface area (Å²) in [6, 6.07) is 4.61. The molecule has 0 N–H and O–H groups in total. The number of anilines is 1. The summed E-state index contributed by atoms with van der Waals surface area (Å²) >= 11 is 12.8. The van der Waals surface area contributed by atoms with Crippen LogP contribution in [0.15, 0.2) is 36.9 Å². The number of ether oxygens (including phenoxy) is 2. The summed E-state index contributed by atoms with van der Waals surface area (Å²) in [7, 11) is 1.29. The lowest BCUT2D eigenvalue weighted by molar-refractivity contribution is -0.147. The van der Waals surface area contributed by atoms with Crippen molar-refractivity contribution in [3.8, 4) is 5.69 Å². The zero-order chi connectivity index (χ0) is 26.6. The van der Waals surface area contributed by atoms with Gasteiger partial charge in [0.15, 0.2) is 6.04 Å². The van der Waals surface area contributed by atoms with Crippen LogP contribution in [0.3, 0.4) is 0 Å². The molecule has 11 heteroatoms. The molecule has 0 bridgehead atoms. The topological polar surface area (TPSA) is 89.8 Å². The van der Waals surface area contributed by atoms with Gasteiger partial charge >= 0.3 is 12.1 Å². The first kappa shape index (κ1) is 27.5. The van der Waals surface area contributed by atoms with E-state index in [1.807, 2.05) is 41.6 Å². The fourth-order valence-corrected chi connectivity index (χ4v) is 4.21. The largest absolute Gasteiger partial charge is 0.467 e. The lowest BCUT2D eigenvalue weighted by atomic mass is 10.1. The standard InChI is InChI=1S/C23H25Cl2N5O4.C2H6/c1-23(2,3)34-22(32)30-10-9-28(12-17(30)21(31)33-4)18-11-16(29-8-7-26-13-29)14-5-6-15(24)19(25)20(14)27-18;1-2/h5-8,11,13,17H,9-10,12H2,1-4H3;1-2H3. The molecule has 3 heterocycles. The van der Waals surface area contributed by atoms with E-state index >= 15 is 0 Å². The summed E-state index contributed by atoms with van der Waals surface area (Å²) in [5.74, 6) is 0.0466. The van der Waals surface area contributed by atoms with Crippen molar-refractivity contribution in [1.82, 2.24) is 19.4 Å². The highest BCUT2D eigenvalue weighted by molar-refractivity contribution is 6.45. The van der Waals surface area contributed by atoms with E-state index < -0.39 is 23.7 Å². The molecule has 0 saturated carbocycles.